The fraction of sp³-hybridized carbons (Fsp3) is 0.250. The van der Waals surface area contributed by atoms with Crippen molar-refractivity contribution < 1.29 is 19.1 Å². The van der Waals surface area contributed by atoms with Crippen LogP contribution >= 0.6 is 0 Å². The van der Waals surface area contributed by atoms with Gasteiger partial charge in [-0.15, -0.1) is 0 Å². The van der Waals surface area contributed by atoms with E-state index in [0.29, 0.717) is 17.7 Å². The van der Waals surface area contributed by atoms with Crippen LogP contribution in [0.4, 0.5) is 5.69 Å². The number of hydrogen-bond donors (Lipinski definition) is 2. The molecule has 26 heavy (non-hydrogen) atoms. The van der Waals surface area contributed by atoms with E-state index < -0.39 is 17.9 Å². The number of carbonyl (C=O) groups is 3. The Kier molecular flexibility index (Phi) is 6.91. The highest BCUT2D eigenvalue weighted by molar-refractivity contribution is 6.09. The van der Waals surface area contributed by atoms with Gasteiger partial charge in [-0.05, 0) is 37.6 Å². The summed E-state index contributed by atoms with van der Waals surface area (Å²) in [6.07, 6.45) is 0.406. The van der Waals surface area contributed by atoms with E-state index in [2.05, 4.69) is 10.6 Å². The summed E-state index contributed by atoms with van der Waals surface area (Å²) in [4.78, 5) is 36.8. The lowest BCUT2D eigenvalue weighted by molar-refractivity contribution is -0.145. The topological polar surface area (TPSA) is 84.5 Å². The second-order valence-corrected chi connectivity index (χ2v) is 5.55. The molecule has 136 valence electrons. The summed E-state index contributed by atoms with van der Waals surface area (Å²) in [5.74, 6) is -1.24. The summed E-state index contributed by atoms with van der Waals surface area (Å²) in [5, 5.41) is 5.39. The zero-order chi connectivity index (χ0) is 18.9. The summed E-state index contributed by atoms with van der Waals surface area (Å²) in [7, 11) is 0. The van der Waals surface area contributed by atoms with E-state index in [4.69, 9.17) is 4.74 Å². The fourth-order valence-corrected chi connectivity index (χ4v) is 2.38. The number of rotatable bonds is 7. The van der Waals surface area contributed by atoms with Crippen LogP contribution in [0.15, 0.2) is 54.6 Å². The van der Waals surface area contributed by atoms with Crippen molar-refractivity contribution in [3.8, 4) is 0 Å². The van der Waals surface area contributed by atoms with Gasteiger partial charge in [0.25, 0.3) is 11.8 Å². The maximum absolute atomic E-state index is 12.6. The van der Waals surface area contributed by atoms with Crippen molar-refractivity contribution in [2.45, 2.75) is 26.3 Å². The highest BCUT2D eigenvalue weighted by Crippen LogP contribution is 2.17. The van der Waals surface area contributed by atoms with E-state index in [1.54, 1.807) is 62.4 Å². The molecule has 0 fully saturated rings. The number of carbonyl (C=O) groups excluding carboxylic acids is 3. The molecule has 2 amide bonds. The van der Waals surface area contributed by atoms with Crippen molar-refractivity contribution in [2.24, 2.45) is 0 Å². The van der Waals surface area contributed by atoms with Crippen LogP contribution in [0.3, 0.4) is 0 Å². The summed E-state index contributed by atoms with van der Waals surface area (Å²) in [6, 6.07) is 14.6. The molecule has 6 nitrogen and oxygen atoms in total. The molecule has 6 heteroatoms. The highest BCUT2D eigenvalue weighted by Gasteiger charge is 2.22. The van der Waals surface area contributed by atoms with Crippen molar-refractivity contribution in [3.63, 3.8) is 0 Å². The normalized spacial score (nSPS) is 11.3. The number of anilines is 1. The van der Waals surface area contributed by atoms with Gasteiger partial charge in [0.2, 0.25) is 0 Å². The van der Waals surface area contributed by atoms with Gasteiger partial charge in [0.15, 0.2) is 0 Å². The first kappa shape index (κ1) is 19.2. The molecule has 1 atom stereocenters. The van der Waals surface area contributed by atoms with E-state index in [9.17, 15) is 14.4 Å². The zero-order valence-corrected chi connectivity index (χ0v) is 14.8. The molecule has 2 rings (SSSR count). The Morgan fingerprint density at radius 2 is 1.58 bits per heavy atom. The maximum Gasteiger partial charge on any atom is 0.328 e. The lowest BCUT2D eigenvalue weighted by atomic mass is 10.1. The summed E-state index contributed by atoms with van der Waals surface area (Å²) < 4.78 is 4.96. The molecule has 0 unspecified atom stereocenters. The standard InChI is InChI=1S/C20H22N2O4/c1-3-16(20(25)26-4-2)21-19(24)15-12-8-9-13-17(15)22-18(23)14-10-6-5-7-11-14/h5-13,16H,3-4H2,1-2H3,(H,21,24)(H,22,23)/t16-/m0/s1. The Morgan fingerprint density at radius 1 is 0.923 bits per heavy atom. The largest absolute Gasteiger partial charge is 0.464 e. The second-order valence-electron chi connectivity index (χ2n) is 5.55. The minimum atomic E-state index is -0.736. The van der Waals surface area contributed by atoms with Crippen molar-refractivity contribution >= 4 is 23.5 Å². The predicted molar refractivity (Wildman–Crippen MR) is 99.0 cm³/mol. The van der Waals surface area contributed by atoms with Gasteiger partial charge in [-0.1, -0.05) is 37.3 Å². The Balaban J connectivity index is 2.16. The molecule has 0 heterocycles. The van der Waals surface area contributed by atoms with Crippen molar-refractivity contribution in [1.29, 1.82) is 0 Å². The highest BCUT2D eigenvalue weighted by atomic mass is 16.5. The molecule has 0 saturated heterocycles. The molecule has 2 N–H and O–H groups in total. The lowest BCUT2D eigenvalue weighted by Gasteiger charge is -2.17. The number of benzene rings is 2. The molecule has 0 saturated carbocycles. The van der Waals surface area contributed by atoms with E-state index in [1.807, 2.05) is 6.07 Å². The molecular formula is C20H22N2O4. The van der Waals surface area contributed by atoms with Crippen LogP contribution in [0.25, 0.3) is 0 Å². The maximum atomic E-state index is 12.6. The molecular weight excluding hydrogens is 332 g/mol. The molecule has 2 aromatic rings. The number of esters is 1. The van der Waals surface area contributed by atoms with Gasteiger partial charge in [-0.3, -0.25) is 9.59 Å². The van der Waals surface area contributed by atoms with Crippen molar-refractivity contribution in [1.82, 2.24) is 5.32 Å². The van der Waals surface area contributed by atoms with Crippen LogP contribution in [0.2, 0.25) is 0 Å². The van der Waals surface area contributed by atoms with Crippen LogP contribution in [-0.2, 0) is 9.53 Å². The molecule has 2 aromatic carbocycles. The Hall–Kier alpha value is -3.15. The van der Waals surface area contributed by atoms with Crippen molar-refractivity contribution in [3.05, 3.63) is 65.7 Å². The third-order valence-electron chi connectivity index (χ3n) is 3.74. The van der Waals surface area contributed by atoms with Crippen molar-refractivity contribution in [2.75, 3.05) is 11.9 Å². The Morgan fingerprint density at radius 3 is 2.23 bits per heavy atom. The Labute approximate surface area is 152 Å². The third kappa shape index (κ3) is 4.92. The van der Waals surface area contributed by atoms with Crippen LogP contribution in [0, 0.1) is 0 Å². The van der Waals surface area contributed by atoms with E-state index in [-0.39, 0.29) is 18.1 Å². The van der Waals surface area contributed by atoms with Gasteiger partial charge in [0, 0.05) is 5.56 Å². The quantitative estimate of drug-likeness (QED) is 0.749. The van der Waals surface area contributed by atoms with Gasteiger partial charge < -0.3 is 15.4 Å². The smallest absolute Gasteiger partial charge is 0.328 e. The Bertz CT molecular complexity index is 774. The minimum absolute atomic E-state index is 0.245. The van der Waals surface area contributed by atoms with E-state index in [0.717, 1.165) is 0 Å². The average Bonchev–Trinajstić information content (AvgIpc) is 2.67. The summed E-state index contributed by atoms with van der Waals surface area (Å²) in [6.45, 7) is 3.74. The number of nitrogens with one attached hydrogen (secondary N) is 2. The first-order valence-electron chi connectivity index (χ1n) is 8.49. The van der Waals surface area contributed by atoms with Gasteiger partial charge >= 0.3 is 5.97 Å². The third-order valence-corrected chi connectivity index (χ3v) is 3.74. The van der Waals surface area contributed by atoms with Crippen LogP contribution in [0.5, 0.6) is 0 Å². The first-order valence-corrected chi connectivity index (χ1v) is 8.49. The number of ether oxygens (including phenoxy) is 1. The summed E-state index contributed by atoms with van der Waals surface area (Å²) in [5.41, 5.74) is 1.14. The fourth-order valence-electron chi connectivity index (χ4n) is 2.38. The molecule has 0 spiro atoms. The van der Waals surface area contributed by atoms with Gasteiger partial charge in [-0.25, -0.2) is 4.79 Å². The SMILES string of the molecule is CCOC(=O)[C@H](CC)NC(=O)c1ccccc1NC(=O)c1ccccc1. The van der Waals surface area contributed by atoms with Crippen LogP contribution in [-0.4, -0.2) is 30.4 Å². The van der Waals surface area contributed by atoms with Crippen LogP contribution < -0.4 is 10.6 Å². The molecule has 0 aromatic heterocycles. The molecule has 0 aliphatic rings. The number of hydrogen-bond acceptors (Lipinski definition) is 4. The molecule has 0 aliphatic carbocycles. The first-order chi connectivity index (χ1) is 12.6. The molecule has 0 bridgehead atoms. The van der Waals surface area contributed by atoms with Crippen LogP contribution in [0.1, 0.15) is 41.0 Å². The summed E-state index contributed by atoms with van der Waals surface area (Å²) >= 11 is 0. The minimum Gasteiger partial charge on any atom is -0.464 e. The second kappa shape index (κ2) is 9.36. The predicted octanol–water partition coefficient (Wildman–Crippen LogP) is 3.01. The number of para-hydroxylation sites is 1. The van der Waals surface area contributed by atoms with Gasteiger partial charge in [-0.2, -0.15) is 0 Å². The molecule has 0 radical (unpaired) electrons. The van der Waals surface area contributed by atoms with E-state index in [1.165, 1.54) is 0 Å². The zero-order valence-electron chi connectivity index (χ0n) is 14.8. The average molecular weight is 354 g/mol. The lowest BCUT2D eigenvalue weighted by Crippen LogP contribution is -2.41. The van der Waals surface area contributed by atoms with E-state index >= 15 is 0 Å². The monoisotopic (exact) mass is 354 g/mol. The van der Waals surface area contributed by atoms with Gasteiger partial charge in [0.05, 0.1) is 17.9 Å². The van der Waals surface area contributed by atoms with Gasteiger partial charge in [0.1, 0.15) is 6.04 Å². The molecule has 0 aliphatic heterocycles. The number of amides is 2.